The topological polar surface area (TPSA) is 85.1 Å². The lowest BCUT2D eigenvalue weighted by Gasteiger charge is -2.39. The molecule has 7 nitrogen and oxygen atoms in total. The van der Waals surface area contributed by atoms with E-state index in [1.807, 2.05) is 29.2 Å². The van der Waals surface area contributed by atoms with Crippen molar-refractivity contribution in [2.24, 2.45) is 11.7 Å². The Kier molecular flexibility index (Phi) is 8.36. The van der Waals surface area contributed by atoms with Gasteiger partial charge in [-0.05, 0) is 60.6 Å². The van der Waals surface area contributed by atoms with Gasteiger partial charge in [0.25, 0.3) is 0 Å². The number of halogens is 1. The van der Waals surface area contributed by atoms with Crippen LogP contribution in [0, 0.1) is 11.7 Å². The number of hydrogen-bond donors (Lipinski definition) is 1. The Hall–Kier alpha value is -2.97. The normalized spacial score (nSPS) is 20.8. The predicted molar refractivity (Wildman–Crippen MR) is 131 cm³/mol. The molecule has 2 heterocycles. The van der Waals surface area contributed by atoms with E-state index in [9.17, 15) is 14.0 Å². The number of urea groups is 1. The summed E-state index contributed by atoms with van der Waals surface area (Å²) in [5.74, 6) is 0.804. The van der Waals surface area contributed by atoms with E-state index in [1.54, 1.807) is 12.0 Å². The fourth-order valence-electron chi connectivity index (χ4n) is 5.12. The fourth-order valence-corrected chi connectivity index (χ4v) is 5.12. The van der Waals surface area contributed by atoms with Crippen molar-refractivity contribution in [3.8, 4) is 5.75 Å². The zero-order valence-electron chi connectivity index (χ0n) is 20.2. The maximum absolute atomic E-state index is 13.6. The van der Waals surface area contributed by atoms with E-state index >= 15 is 0 Å². The summed E-state index contributed by atoms with van der Waals surface area (Å²) < 4.78 is 24.5. The average Bonchev–Trinajstić information content (AvgIpc) is 2.88. The summed E-state index contributed by atoms with van der Waals surface area (Å²) in [6, 6.07) is 14.6. The number of rotatable bonds is 5. The minimum Gasteiger partial charge on any atom is -0.497 e. The summed E-state index contributed by atoms with van der Waals surface area (Å²) in [5.41, 5.74) is 7.92. The molecule has 2 fully saturated rings. The second-order valence-electron chi connectivity index (χ2n) is 9.33. The summed E-state index contributed by atoms with van der Waals surface area (Å²) in [5, 5.41) is 0. The summed E-state index contributed by atoms with van der Waals surface area (Å²) in [7, 11) is 1.64. The molecule has 2 amide bonds. The molecule has 2 N–H and O–H groups in total. The highest BCUT2D eigenvalue weighted by molar-refractivity contribution is 5.86. The Balaban J connectivity index is 1.46. The number of methoxy groups -OCH3 is 1. The molecule has 0 radical (unpaired) electrons. The van der Waals surface area contributed by atoms with Crippen molar-refractivity contribution >= 4 is 11.8 Å². The molecule has 1 unspecified atom stereocenters. The largest absolute Gasteiger partial charge is 0.497 e. The van der Waals surface area contributed by atoms with E-state index in [2.05, 4.69) is 12.1 Å². The summed E-state index contributed by atoms with van der Waals surface area (Å²) in [6.45, 7) is 2.07. The van der Waals surface area contributed by atoms with Crippen LogP contribution in [0.1, 0.15) is 36.3 Å². The molecule has 2 aromatic carbocycles. The standard InChI is InChI=1S/C27H34FN3O4/c1-34-24-8-4-20(5-9-24)26(19-2-6-22(28)7-3-19)21-10-13-30(14-11-21)27(33)31-15-12-25(16-29)35-18-23(32)17-31/h2-9,21,25-26H,10-18,29H2,1H3/t25-,26?/m0/s1. The Morgan fingerprint density at radius 1 is 1.03 bits per heavy atom. The van der Waals surface area contributed by atoms with Crippen LogP contribution in [0.25, 0.3) is 0 Å². The van der Waals surface area contributed by atoms with Crippen LogP contribution in [0.5, 0.6) is 5.75 Å². The van der Waals surface area contributed by atoms with E-state index in [0.29, 0.717) is 38.5 Å². The van der Waals surface area contributed by atoms with E-state index < -0.39 is 0 Å². The first-order chi connectivity index (χ1) is 17.0. The van der Waals surface area contributed by atoms with Crippen LogP contribution in [0.2, 0.25) is 0 Å². The van der Waals surface area contributed by atoms with Crippen molar-refractivity contribution in [1.29, 1.82) is 0 Å². The van der Waals surface area contributed by atoms with Gasteiger partial charge in [-0.25, -0.2) is 9.18 Å². The molecule has 2 atom stereocenters. The third-order valence-corrected chi connectivity index (χ3v) is 7.09. The van der Waals surface area contributed by atoms with Crippen LogP contribution < -0.4 is 10.5 Å². The number of benzene rings is 2. The highest BCUT2D eigenvalue weighted by Crippen LogP contribution is 2.38. The van der Waals surface area contributed by atoms with Gasteiger partial charge in [0.15, 0.2) is 5.78 Å². The van der Waals surface area contributed by atoms with E-state index in [4.69, 9.17) is 15.2 Å². The minimum atomic E-state index is -0.257. The van der Waals surface area contributed by atoms with E-state index in [0.717, 1.165) is 29.7 Å². The van der Waals surface area contributed by atoms with Crippen molar-refractivity contribution in [2.45, 2.75) is 31.3 Å². The van der Waals surface area contributed by atoms with Crippen LogP contribution in [0.3, 0.4) is 0 Å². The SMILES string of the molecule is COc1ccc(C(c2ccc(F)cc2)C2CCN(C(=O)N3CC[C@@H](CN)OCC(=O)C3)CC2)cc1. The van der Waals surface area contributed by atoms with Crippen molar-refractivity contribution in [3.63, 3.8) is 0 Å². The second kappa shape index (κ2) is 11.6. The average molecular weight is 484 g/mol. The van der Waals surface area contributed by atoms with Crippen LogP contribution in [0.15, 0.2) is 48.5 Å². The molecule has 0 spiro atoms. The first-order valence-corrected chi connectivity index (χ1v) is 12.2. The molecule has 188 valence electrons. The van der Waals surface area contributed by atoms with Gasteiger partial charge in [-0.1, -0.05) is 24.3 Å². The predicted octanol–water partition coefficient (Wildman–Crippen LogP) is 3.42. The first-order valence-electron chi connectivity index (χ1n) is 12.2. The smallest absolute Gasteiger partial charge is 0.320 e. The molecule has 2 aliphatic rings. The summed E-state index contributed by atoms with van der Waals surface area (Å²) in [4.78, 5) is 28.9. The van der Waals surface area contributed by atoms with Gasteiger partial charge in [0.05, 0.1) is 19.8 Å². The third-order valence-electron chi connectivity index (χ3n) is 7.09. The molecular formula is C27H34FN3O4. The monoisotopic (exact) mass is 483 g/mol. The molecule has 2 aliphatic heterocycles. The van der Waals surface area contributed by atoms with Gasteiger partial charge in [0, 0.05) is 32.1 Å². The molecule has 0 bridgehead atoms. The highest BCUT2D eigenvalue weighted by atomic mass is 19.1. The lowest BCUT2D eigenvalue weighted by atomic mass is 9.76. The third kappa shape index (κ3) is 6.18. The summed E-state index contributed by atoms with van der Waals surface area (Å²) in [6.07, 6.45) is 2.05. The Bertz CT molecular complexity index is 990. The molecule has 0 aromatic heterocycles. The minimum absolute atomic E-state index is 0.00503. The van der Waals surface area contributed by atoms with E-state index in [1.165, 1.54) is 12.1 Å². The number of carbonyl (C=O) groups excluding carboxylic acids is 2. The molecular weight excluding hydrogens is 449 g/mol. The molecule has 35 heavy (non-hydrogen) atoms. The Morgan fingerprint density at radius 2 is 1.63 bits per heavy atom. The van der Waals surface area contributed by atoms with Crippen LogP contribution in [-0.4, -0.2) is 74.2 Å². The number of ketones is 1. The maximum Gasteiger partial charge on any atom is 0.320 e. The number of ether oxygens (including phenoxy) is 2. The first kappa shape index (κ1) is 25.1. The number of Topliss-reactive ketones (excluding diaryl/α,β-unsaturated/α-hetero) is 1. The van der Waals surface area contributed by atoms with E-state index in [-0.39, 0.29) is 42.8 Å². The lowest BCUT2D eigenvalue weighted by Crippen LogP contribution is -2.51. The zero-order valence-corrected chi connectivity index (χ0v) is 20.2. The quantitative estimate of drug-likeness (QED) is 0.705. The lowest BCUT2D eigenvalue weighted by molar-refractivity contribution is -0.128. The van der Waals surface area contributed by atoms with Gasteiger partial charge in [0.2, 0.25) is 0 Å². The fraction of sp³-hybridized carbons (Fsp3) is 0.481. The Labute approximate surface area is 206 Å². The van der Waals surface area contributed by atoms with Crippen molar-refractivity contribution in [2.75, 3.05) is 46.4 Å². The van der Waals surface area contributed by atoms with Gasteiger partial charge in [0.1, 0.15) is 18.2 Å². The maximum atomic E-state index is 13.6. The van der Waals surface area contributed by atoms with Crippen LogP contribution >= 0.6 is 0 Å². The number of amides is 2. The van der Waals surface area contributed by atoms with Gasteiger partial charge in [-0.3, -0.25) is 4.79 Å². The zero-order chi connectivity index (χ0) is 24.8. The molecule has 8 heteroatoms. The van der Waals surface area contributed by atoms with Crippen molar-refractivity contribution < 1.29 is 23.5 Å². The molecule has 2 aromatic rings. The number of likely N-dealkylation sites (tertiary alicyclic amines) is 1. The van der Waals surface area contributed by atoms with Crippen LogP contribution in [0.4, 0.5) is 9.18 Å². The van der Waals surface area contributed by atoms with Crippen LogP contribution in [-0.2, 0) is 9.53 Å². The number of nitrogens with two attached hydrogens (primary N) is 1. The van der Waals surface area contributed by atoms with Gasteiger partial charge in [-0.2, -0.15) is 0 Å². The van der Waals surface area contributed by atoms with Gasteiger partial charge in [-0.15, -0.1) is 0 Å². The van der Waals surface area contributed by atoms with Crippen molar-refractivity contribution in [1.82, 2.24) is 9.80 Å². The Morgan fingerprint density at radius 3 is 2.23 bits per heavy atom. The van der Waals surface area contributed by atoms with Gasteiger partial charge >= 0.3 is 6.03 Å². The number of hydrogen-bond acceptors (Lipinski definition) is 5. The van der Waals surface area contributed by atoms with Crippen molar-refractivity contribution in [3.05, 3.63) is 65.5 Å². The molecule has 0 aliphatic carbocycles. The second-order valence-corrected chi connectivity index (χ2v) is 9.33. The number of nitrogens with zero attached hydrogens (tertiary/aromatic N) is 2. The molecule has 2 saturated heterocycles. The molecule has 4 rings (SSSR count). The molecule has 0 saturated carbocycles. The highest BCUT2D eigenvalue weighted by Gasteiger charge is 2.33. The van der Waals surface area contributed by atoms with Gasteiger partial charge < -0.3 is 25.0 Å². The summed E-state index contributed by atoms with van der Waals surface area (Å²) >= 11 is 0. The number of piperidine rings is 1. The number of carbonyl (C=O) groups is 2.